The first kappa shape index (κ1) is 29.6. The van der Waals surface area contributed by atoms with Crippen LogP contribution in [0.25, 0.3) is 61.5 Å². The molecule has 0 N–H and O–H groups in total. The van der Waals surface area contributed by atoms with Crippen LogP contribution in [0.4, 0.5) is 0 Å². The number of aryl methyl sites for hydroxylation is 1. The summed E-state index contributed by atoms with van der Waals surface area (Å²) in [4.78, 5) is 9.17. The van der Waals surface area contributed by atoms with Crippen LogP contribution in [0.15, 0.2) is 144 Å². The monoisotopic (exact) mass is 867 g/mol. The van der Waals surface area contributed by atoms with Crippen LogP contribution >= 0.6 is 0 Å². The van der Waals surface area contributed by atoms with E-state index in [1.54, 1.807) is 18.2 Å². The quantitative estimate of drug-likeness (QED) is 0.128. The van der Waals surface area contributed by atoms with Crippen LogP contribution < -0.4 is 4.40 Å². The van der Waals surface area contributed by atoms with Gasteiger partial charge in [-0.1, -0.05) is 30.3 Å². The molecule has 1 radical (unpaired) electrons. The van der Waals surface area contributed by atoms with Gasteiger partial charge in [-0.05, 0) is 18.1 Å². The minimum atomic E-state index is -2.09. The van der Waals surface area contributed by atoms with Gasteiger partial charge in [0.1, 0.15) is 0 Å². The number of para-hydroxylation sites is 2. The van der Waals surface area contributed by atoms with E-state index in [1.807, 2.05) is 30.3 Å². The first-order valence-corrected chi connectivity index (χ1v) is 22.9. The summed E-state index contributed by atoms with van der Waals surface area (Å²) >= 11 is -2.01. The Bertz CT molecular complexity index is 2380. The maximum atomic E-state index is 7.23. The molecule has 0 aliphatic carbocycles. The molecule has 8 aromatic rings. The fraction of sp³-hybridized carbons (Fsp3) is 0.0952. The number of rotatable bonds is 5. The van der Waals surface area contributed by atoms with Gasteiger partial charge >= 0.3 is 184 Å². The standard InChI is InChI=1S/C30H25GeN2O.C12H10N.Ir/c1-31(2,3)23-15-18-29-25(19-23)26(20-34-29)30-32-27-11-7-8-12-28(27)33(30)24-16-13-22(14-17-24)21-9-5-4-6-10-21;1-10-7-8-12(13-9-10)11-5-3-2-4-6-11;/h4-19H,1-3H3;2-5,7-9H,1H3;/q2*-1;/i;1D3;. The van der Waals surface area contributed by atoms with Gasteiger partial charge in [-0.2, -0.15) is 0 Å². The Balaban J connectivity index is 0.000000222. The van der Waals surface area contributed by atoms with Gasteiger partial charge in [-0.25, -0.2) is 0 Å². The minimum absolute atomic E-state index is 0. The van der Waals surface area contributed by atoms with E-state index in [0.29, 0.717) is 0 Å². The third-order valence-electron chi connectivity index (χ3n) is 8.14. The maximum Gasteiger partial charge on any atom is 0 e. The van der Waals surface area contributed by atoms with Crippen molar-refractivity contribution in [1.29, 1.82) is 0 Å². The van der Waals surface area contributed by atoms with Crippen molar-refractivity contribution in [2.75, 3.05) is 0 Å². The second-order valence-electron chi connectivity index (χ2n) is 12.4. The van der Waals surface area contributed by atoms with Crippen LogP contribution in [0.2, 0.25) is 17.3 Å². The Labute approximate surface area is 302 Å². The number of nitrogens with zero attached hydrogens (tertiary/aromatic N) is 3. The number of furan rings is 1. The van der Waals surface area contributed by atoms with Crippen molar-refractivity contribution >= 4 is 39.7 Å². The molecular weight excluding hydrogens is 827 g/mol. The summed E-state index contributed by atoms with van der Waals surface area (Å²) in [5.74, 6) is 8.09. The van der Waals surface area contributed by atoms with Crippen molar-refractivity contribution < 1.29 is 28.6 Å². The van der Waals surface area contributed by atoms with E-state index in [1.165, 1.54) is 21.7 Å². The zero-order chi connectivity index (χ0) is 34.9. The Morgan fingerprint density at radius 1 is 0.771 bits per heavy atom. The molecule has 0 saturated heterocycles. The minimum Gasteiger partial charge on any atom is 0 e. The van der Waals surface area contributed by atoms with Crippen LogP contribution in [0, 0.1) is 19.2 Å². The van der Waals surface area contributed by atoms with Gasteiger partial charge in [0.25, 0.3) is 0 Å². The number of aromatic nitrogens is 3. The number of hydrogen-bond acceptors (Lipinski definition) is 3. The molecule has 5 aromatic carbocycles. The Hall–Kier alpha value is -4.55. The first-order valence-electron chi connectivity index (χ1n) is 17.1. The molecule has 3 aromatic heterocycles. The van der Waals surface area contributed by atoms with Crippen LogP contribution in [-0.2, 0) is 20.1 Å². The van der Waals surface area contributed by atoms with Crippen LogP contribution in [0.1, 0.15) is 9.68 Å². The van der Waals surface area contributed by atoms with Crippen molar-refractivity contribution in [3.63, 3.8) is 0 Å². The maximum absolute atomic E-state index is 7.23. The normalized spacial score (nSPS) is 12.4. The van der Waals surface area contributed by atoms with Gasteiger partial charge in [-0.15, -0.1) is 35.9 Å². The zero-order valence-corrected chi connectivity index (χ0v) is 31.4. The van der Waals surface area contributed by atoms with E-state index in [0.717, 1.165) is 50.3 Å². The van der Waals surface area contributed by atoms with Gasteiger partial charge in [0, 0.05) is 30.4 Å². The van der Waals surface area contributed by atoms with Gasteiger partial charge in [-0.3, -0.25) is 0 Å². The molecule has 0 aliphatic rings. The fourth-order valence-electron chi connectivity index (χ4n) is 5.60. The van der Waals surface area contributed by atoms with Crippen molar-refractivity contribution in [2.24, 2.45) is 0 Å². The topological polar surface area (TPSA) is 43.9 Å². The largest absolute Gasteiger partial charge is 0 e. The summed E-state index contributed by atoms with van der Waals surface area (Å²) in [5.41, 5.74) is 9.09. The second kappa shape index (κ2) is 14.3. The third kappa shape index (κ3) is 7.00. The van der Waals surface area contributed by atoms with Crippen molar-refractivity contribution in [1.82, 2.24) is 14.5 Å². The number of benzene rings is 5. The van der Waals surface area contributed by atoms with Crippen molar-refractivity contribution in [3.05, 3.63) is 158 Å². The number of pyridine rings is 1. The molecule has 0 amide bonds. The average Bonchev–Trinajstić information content (AvgIpc) is 3.73. The fourth-order valence-corrected chi connectivity index (χ4v) is 8.04. The van der Waals surface area contributed by atoms with E-state index in [4.69, 9.17) is 13.5 Å². The van der Waals surface area contributed by atoms with E-state index in [-0.39, 0.29) is 25.7 Å². The molecular formula is C42H35GeIrN3O-2. The molecule has 0 fully saturated rings. The molecule has 0 atom stereocenters. The Kier molecular flexibility index (Phi) is 8.80. The predicted molar refractivity (Wildman–Crippen MR) is 197 cm³/mol. The average molecular weight is 866 g/mol. The van der Waals surface area contributed by atoms with Crippen LogP contribution in [-0.4, -0.2) is 27.8 Å². The van der Waals surface area contributed by atoms with E-state index in [2.05, 4.69) is 124 Å². The molecule has 0 saturated carbocycles. The SMILES string of the molecule is [2H]C([2H])([2H])c1ccc(-c2[c-]cccc2)nc1.[CH3][Ge]([CH3])([CH3])[c]1ccc2o[c-]c(-c3nc4ccccc4n3-c3ccc(-c4ccccc4)cc3)c2c1.[Ir]. The van der Waals surface area contributed by atoms with Crippen molar-refractivity contribution in [3.8, 4) is 39.5 Å². The summed E-state index contributed by atoms with van der Waals surface area (Å²) in [6.45, 7) is -2.09. The molecule has 0 unspecified atom stereocenters. The molecule has 0 aliphatic heterocycles. The Morgan fingerprint density at radius 2 is 1.52 bits per heavy atom. The molecule has 8 rings (SSSR count). The molecule has 6 heteroatoms. The number of hydrogen-bond donors (Lipinski definition) is 0. The summed E-state index contributed by atoms with van der Waals surface area (Å²) < 4.78 is 31.2. The number of imidazole rings is 1. The summed E-state index contributed by atoms with van der Waals surface area (Å²) in [7, 11) is 0. The number of fused-ring (bicyclic) bond motifs is 2. The Morgan fingerprint density at radius 3 is 2.23 bits per heavy atom. The molecule has 0 bridgehead atoms. The third-order valence-corrected chi connectivity index (χ3v) is 12.4. The van der Waals surface area contributed by atoms with E-state index in [9.17, 15) is 0 Å². The van der Waals surface area contributed by atoms with Crippen LogP contribution in [0.3, 0.4) is 0 Å². The summed E-state index contributed by atoms with van der Waals surface area (Å²) in [6, 6.07) is 47.8. The molecule has 4 nitrogen and oxygen atoms in total. The van der Waals surface area contributed by atoms with Gasteiger partial charge in [0.2, 0.25) is 0 Å². The van der Waals surface area contributed by atoms with Crippen molar-refractivity contribution in [2.45, 2.75) is 24.1 Å². The molecule has 3 heterocycles. The van der Waals surface area contributed by atoms with E-state index >= 15 is 0 Å². The van der Waals surface area contributed by atoms with E-state index < -0.39 is 20.1 Å². The summed E-state index contributed by atoms with van der Waals surface area (Å²) in [5, 5.41) is 1.08. The van der Waals surface area contributed by atoms with Gasteiger partial charge < -0.3 is 4.98 Å². The van der Waals surface area contributed by atoms with Gasteiger partial charge in [0.05, 0.1) is 0 Å². The van der Waals surface area contributed by atoms with Gasteiger partial charge in [0.15, 0.2) is 0 Å². The summed E-state index contributed by atoms with van der Waals surface area (Å²) in [6.07, 6.45) is 4.57. The molecule has 0 spiro atoms. The molecule has 239 valence electrons. The zero-order valence-electron chi connectivity index (χ0n) is 29.9. The first-order chi connectivity index (χ1) is 24.1. The molecule has 48 heavy (non-hydrogen) atoms. The second-order valence-corrected chi connectivity index (χ2v) is 23.1. The predicted octanol–water partition coefficient (Wildman–Crippen LogP) is 10.3. The van der Waals surface area contributed by atoms with Crippen LogP contribution in [0.5, 0.6) is 0 Å². The smallest absolute Gasteiger partial charge is 0 e.